The van der Waals surface area contributed by atoms with E-state index < -0.39 is 69.8 Å². The van der Waals surface area contributed by atoms with Crippen LogP contribution in [0, 0.1) is 0 Å². The molecule has 0 atom stereocenters. The van der Waals surface area contributed by atoms with Crippen molar-refractivity contribution in [3.05, 3.63) is 29.3 Å². The Bertz CT molecular complexity index is 812. The van der Waals surface area contributed by atoms with Gasteiger partial charge in [-0.3, -0.25) is 0 Å². The fraction of sp³-hybridized carbons (Fsp3) is 0.333. The Hall–Kier alpha value is -1.51. The van der Waals surface area contributed by atoms with Gasteiger partial charge in [0.25, 0.3) is 8.87 Å². The standard InChI is InChI=1S/C9H3F9O4S2/c10-7(11,12)4-1-5(8(13,14)15)3-6(2-4)23(19,20)24(21,22)9(16,17)18/h1-3H. The Morgan fingerprint density at radius 1 is 0.625 bits per heavy atom. The van der Waals surface area contributed by atoms with Gasteiger partial charge in [0.05, 0.1) is 16.0 Å². The summed E-state index contributed by atoms with van der Waals surface area (Å²) in [5.41, 5.74) is -11.0. The molecule has 0 unspecified atom stereocenters. The first-order chi connectivity index (χ1) is 10.3. The molecule has 0 radical (unpaired) electrons. The van der Waals surface area contributed by atoms with Crippen LogP contribution in [0.2, 0.25) is 0 Å². The van der Waals surface area contributed by atoms with Gasteiger partial charge in [-0.1, -0.05) is 0 Å². The lowest BCUT2D eigenvalue weighted by Gasteiger charge is -2.15. The van der Waals surface area contributed by atoms with Gasteiger partial charge in [-0.15, -0.1) is 0 Å². The molecule has 15 heteroatoms. The van der Waals surface area contributed by atoms with Crippen molar-refractivity contribution in [3.8, 4) is 0 Å². The van der Waals surface area contributed by atoms with Crippen molar-refractivity contribution < 1.29 is 56.3 Å². The highest BCUT2D eigenvalue weighted by Crippen LogP contribution is 2.39. The number of halogens is 9. The van der Waals surface area contributed by atoms with Gasteiger partial charge in [-0.2, -0.15) is 39.5 Å². The van der Waals surface area contributed by atoms with Crippen LogP contribution in [0.15, 0.2) is 23.1 Å². The van der Waals surface area contributed by atoms with Crippen LogP contribution in [0.1, 0.15) is 11.1 Å². The number of rotatable bonds is 2. The van der Waals surface area contributed by atoms with Gasteiger partial charge >= 0.3 is 26.7 Å². The molecular weight excluding hydrogens is 407 g/mol. The Balaban J connectivity index is 3.84. The highest BCUT2D eigenvalue weighted by molar-refractivity contribution is 8.67. The molecule has 1 rings (SSSR count). The van der Waals surface area contributed by atoms with E-state index in [4.69, 9.17) is 0 Å². The normalized spacial score (nSPS) is 14.7. The summed E-state index contributed by atoms with van der Waals surface area (Å²) < 4.78 is 157. The van der Waals surface area contributed by atoms with Crippen molar-refractivity contribution >= 4 is 17.7 Å². The van der Waals surface area contributed by atoms with E-state index in [1.165, 1.54) is 0 Å². The van der Waals surface area contributed by atoms with E-state index in [-0.39, 0.29) is 0 Å². The van der Waals surface area contributed by atoms with Crippen LogP contribution < -0.4 is 0 Å². The summed E-state index contributed by atoms with van der Waals surface area (Å²) in [6.07, 6.45) is -11.2. The van der Waals surface area contributed by atoms with Crippen molar-refractivity contribution in [1.29, 1.82) is 0 Å². The number of benzene rings is 1. The van der Waals surface area contributed by atoms with Crippen molar-refractivity contribution in [2.45, 2.75) is 22.8 Å². The minimum absolute atomic E-state index is 0.570. The van der Waals surface area contributed by atoms with Gasteiger partial charge in [0.2, 0.25) is 0 Å². The molecule has 0 saturated heterocycles. The van der Waals surface area contributed by atoms with Gasteiger partial charge in [0.15, 0.2) is 0 Å². The summed E-state index contributed by atoms with van der Waals surface area (Å²) in [6, 6.07) is -1.83. The van der Waals surface area contributed by atoms with Crippen LogP contribution in [-0.2, 0) is 30.1 Å². The molecule has 0 saturated carbocycles. The fourth-order valence-corrected chi connectivity index (χ4v) is 4.16. The first kappa shape index (κ1) is 20.5. The molecule has 24 heavy (non-hydrogen) atoms. The monoisotopic (exact) mass is 410 g/mol. The van der Waals surface area contributed by atoms with E-state index in [1.54, 1.807) is 0 Å². The largest absolute Gasteiger partial charge is 0.512 e. The van der Waals surface area contributed by atoms with Gasteiger partial charge < -0.3 is 0 Å². The molecule has 0 aromatic heterocycles. The zero-order valence-electron chi connectivity index (χ0n) is 10.6. The van der Waals surface area contributed by atoms with E-state index in [1.807, 2.05) is 0 Å². The molecule has 4 nitrogen and oxygen atoms in total. The molecule has 0 bridgehead atoms. The Morgan fingerprint density at radius 2 is 0.958 bits per heavy atom. The highest BCUT2D eigenvalue weighted by Gasteiger charge is 2.56. The lowest BCUT2D eigenvalue weighted by atomic mass is 10.1. The highest BCUT2D eigenvalue weighted by atomic mass is 33.2. The molecule has 0 aliphatic carbocycles. The topological polar surface area (TPSA) is 68.3 Å². The maximum Gasteiger partial charge on any atom is 0.512 e. The van der Waals surface area contributed by atoms with E-state index in [2.05, 4.69) is 0 Å². The number of hydrogen-bond donors (Lipinski definition) is 0. The number of alkyl halides is 9. The average molecular weight is 410 g/mol. The molecule has 1 aromatic carbocycles. The summed E-state index contributed by atoms with van der Waals surface area (Å²) in [4.78, 5) is -2.30. The molecule has 1 aromatic rings. The van der Waals surface area contributed by atoms with Crippen LogP contribution in [0.4, 0.5) is 39.5 Å². The van der Waals surface area contributed by atoms with Crippen LogP contribution in [-0.4, -0.2) is 22.3 Å². The lowest BCUT2D eigenvalue weighted by molar-refractivity contribution is -0.143. The van der Waals surface area contributed by atoms with Crippen molar-refractivity contribution in [2.75, 3.05) is 0 Å². The van der Waals surface area contributed by atoms with E-state index in [0.29, 0.717) is 0 Å². The van der Waals surface area contributed by atoms with Gasteiger partial charge in [0.1, 0.15) is 0 Å². The van der Waals surface area contributed by atoms with Gasteiger partial charge in [0, 0.05) is 0 Å². The average Bonchev–Trinajstić information content (AvgIpc) is 2.34. The summed E-state index contributed by atoms with van der Waals surface area (Å²) in [5, 5.41) is 0. The zero-order chi connectivity index (χ0) is 19.4. The third kappa shape index (κ3) is 3.60. The Labute approximate surface area is 127 Å². The molecule has 0 N–H and O–H groups in total. The Morgan fingerprint density at radius 3 is 1.21 bits per heavy atom. The third-order valence-electron chi connectivity index (χ3n) is 2.42. The van der Waals surface area contributed by atoms with Crippen molar-refractivity contribution in [2.24, 2.45) is 0 Å². The quantitative estimate of drug-likeness (QED) is 0.554. The molecular formula is C9H3F9O4S2. The van der Waals surface area contributed by atoms with E-state index in [0.717, 1.165) is 0 Å². The summed E-state index contributed by atoms with van der Waals surface area (Å²) >= 11 is 0. The lowest BCUT2D eigenvalue weighted by Crippen LogP contribution is -2.31. The zero-order valence-corrected chi connectivity index (χ0v) is 12.2. The molecule has 0 fully saturated rings. The van der Waals surface area contributed by atoms with Crippen LogP contribution in [0.25, 0.3) is 0 Å². The van der Waals surface area contributed by atoms with Crippen LogP contribution >= 0.6 is 0 Å². The SMILES string of the molecule is O=S(=O)(c1cc(C(F)(F)F)cc(C(F)(F)F)c1)S(=O)(=O)C(F)(F)F. The second-order valence-electron chi connectivity index (χ2n) is 4.10. The second kappa shape index (κ2) is 5.50. The van der Waals surface area contributed by atoms with Crippen molar-refractivity contribution in [1.82, 2.24) is 0 Å². The fourth-order valence-electron chi connectivity index (χ4n) is 1.32. The van der Waals surface area contributed by atoms with Crippen molar-refractivity contribution in [3.63, 3.8) is 0 Å². The van der Waals surface area contributed by atoms with Gasteiger partial charge in [-0.05, 0) is 18.2 Å². The first-order valence-corrected chi connectivity index (χ1v) is 8.66. The number of hydrogen-bond acceptors (Lipinski definition) is 4. The van der Waals surface area contributed by atoms with Crippen LogP contribution in [0.5, 0.6) is 0 Å². The summed E-state index contributed by atoms with van der Waals surface area (Å²) in [6.45, 7) is 0. The molecule has 0 aliphatic rings. The van der Waals surface area contributed by atoms with Crippen LogP contribution in [0.3, 0.4) is 0 Å². The van der Waals surface area contributed by atoms with E-state index >= 15 is 0 Å². The second-order valence-corrected chi connectivity index (χ2v) is 9.48. The minimum Gasteiger partial charge on any atom is -0.207 e. The first-order valence-electron chi connectivity index (χ1n) is 5.17. The van der Waals surface area contributed by atoms with E-state index in [9.17, 15) is 56.3 Å². The smallest absolute Gasteiger partial charge is 0.207 e. The summed E-state index contributed by atoms with van der Waals surface area (Å²) in [5.74, 6) is 0. The Kier molecular flexibility index (Phi) is 4.71. The minimum atomic E-state index is -7.12. The molecule has 0 amide bonds. The van der Waals surface area contributed by atoms with Gasteiger partial charge in [-0.25, -0.2) is 16.8 Å². The third-order valence-corrected chi connectivity index (χ3v) is 7.26. The molecule has 138 valence electrons. The predicted molar refractivity (Wildman–Crippen MR) is 58.6 cm³/mol. The maximum absolute atomic E-state index is 12.5. The predicted octanol–water partition coefficient (Wildman–Crippen LogP) is 3.35. The molecule has 0 spiro atoms. The maximum atomic E-state index is 12.5. The molecule has 0 heterocycles. The summed E-state index contributed by atoms with van der Waals surface area (Å²) in [7, 11) is -13.7. The molecule has 0 aliphatic heterocycles.